The zero-order chi connectivity index (χ0) is 26.6. The van der Waals surface area contributed by atoms with Crippen LogP contribution >= 0.6 is 11.6 Å². The van der Waals surface area contributed by atoms with Crippen molar-refractivity contribution in [2.45, 2.75) is 26.1 Å². The van der Waals surface area contributed by atoms with Crippen molar-refractivity contribution in [3.8, 4) is 5.75 Å². The van der Waals surface area contributed by atoms with E-state index in [2.05, 4.69) is 4.98 Å². The first kappa shape index (κ1) is 25.2. The number of carbonyl (C=O) groups is 2. The van der Waals surface area contributed by atoms with Crippen molar-refractivity contribution in [1.29, 1.82) is 0 Å². The second-order valence-electron chi connectivity index (χ2n) is 9.13. The van der Waals surface area contributed by atoms with Gasteiger partial charge in [0.05, 0.1) is 12.6 Å². The molecule has 1 aliphatic rings. The minimum absolute atomic E-state index is 0.0745. The van der Waals surface area contributed by atoms with Crippen LogP contribution in [0.25, 0.3) is 5.76 Å². The van der Waals surface area contributed by atoms with Gasteiger partial charge in [-0.2, -0.15) is 0 Å². The number of H-pyrrole nitrogens is 1. The Morgan fingerprint density at radius 3 is 2.39 bits per heavy atom. The first-order chi connectivity index (χ1) is 18.4. The Kier molecular flexibility index (Phi) is 7.24. The van der Waals surface area contributed by atoms with E-state index in [0.29, 0.717) is 28.5 Å². The van der Waals surface area contributed by atoms with Crippen molar-refractivity contribution >= 4 is 29.1 Å². The largest absolute Gasteiger partial charge is 0.872 e. The average Bonchev–Trinajstić information content (AvgIpc) is 3.18. The number of Topliss-reactive ketones (excluding diaryl/α,β-unsaturated/α-hetero) is 1. The number of nitrogens with zero attached hydrogens (tertiary/aromatic N) is 1. The standard InChI is InChI=1S/C31H25ClN2O4/c1-20-16-24(11-14-26(20)38-19-21-6-3-2-4-7-21)29(35)27-28(23-9-12-25(32)13-10-23)34(31(37)30(27)36)18-22-8-5-15-33-17-22/h2-17,28,35H,18-19H2,1H3. The van der Waals surface area contributed by atoms with Gasteiger partial charge in [-0.3, -0.25) is 9.59 Å². The van der Waals surface area contributed by atoms with Crippen molar-refractivity contribution in [2.24, 2.45) is 0 Å². The molecule has 2 heterocycles. The molecule has 190 valence electrons. The van der Waals surface area contributed by atoms with E-state index in [9.17, 15) is 14.7 Å². The molecular weight excluding hydrogens is 500 g/mol. The number of ether oxygens (including phenoxy) is 1. The number of aryl methyl sites for hydroxylation is 1. The molecule has 1 aromatic heterocycles. The van der Waals surface area contributed by atoms with E-state index in [1.807, 2.05) is 49.4 Å². The molecule has 1 aliphatic heterocycles. The number of amides is 1. The van der Waals surface area contributed by atoms with Crippen LogP contribution in [0.3, 0.4) is 0 Å². The van der Waals surface area contributed by atoms with E-state index in [-0.39, 0.29) is 12.1 Å². The molecular formula is C31H25ClN2O4. The summed E-state index contributed by atoms with van der Waals surface area (Å²) in [4.78, 5) is 30.9. The van der Waals surface area contributed by atoms with Crippen LogP contribution in [0.5, 0.6) is 5.75 Å². The number of aromatic amines is 1. The topological polar surface area (TPSA) is 83.8 Å². The summed E-state index contributed by atoms with van der Waals surface area (Å²) in [6.45, 7) is 2.40. The molecule has 4 aromatic rings. The van der Waals surface area contributed by atoms with Crippen molar-refractivity contribution in [1.82, 2.24) is 4.90 Å². The molecule has 5 rings (SSSR count). The maximum Gasteiger partial charge on any atom is 0.295 e. The molecule has 0 aliphatic carbocycles. The Morgan fingerprint density at radius 2 is 1.71 bits per heavy atom. The van der Waals surface area contributed by atoms with Gasteiger partial charge in [-0.25, -0.2) is 4.98 Å². The van der Waals surface area contributed by atoms with Crippen LogP contribution in [0.4, 0.5) is 0 Å². The van der Waals surface area contributed by atoms with Gasteiger partial charge in [0.15, 0.2) is 12.4 Å². The molecule has 1 amide bonds. The Morgan fingerprint density at radius 1 is 0.974 bits per heavy atom. The fourth-order valence-corrected chi connectivity index (χ4v) is 4.72. The summed E-state index contributed by atoms with van der Waals surface area (Å²) >= 11 is 6.10. The van der Waals surface area contributed by atoms with Gasteiger partial charge in [0.25, 0.3) is 5.91 Å². The number of pyridine rings is 1. The van der Waals surface area contributed by atoms with E-state index in [1.54, 1.807) is 54.9 Å². The first-order valence-corrected chi connectivity index (χ1v) is 12.5. The molecule has 0 bridgehead atoms. The van der Waals surface area contributed by atoms with Crippen LogP contribution in [0, 0.1) is 6.92 Å². The smallest absolute Gasteiger partial charge is 0.295 e. The molecule has 0 saturated carbocycles. The fourth-order valence-electron chi connectivity index (χ4n) is 4.59. The van der Waals surface area contributed by atoms with Crippen molar-refractivity contribution in [3.05, 3.63) is 136 Å². The predicted molar refractivity (Wildman–Crippen MR) is 142 cm³/mol. The Balaban J connectivity index is 1.51. The predicted octanol–water partition coefficient (Wildman–Crippen LogP) is 4.47. The molecule has 1 saturated heterocycles. The number of hydrogen-bond donors (Lipinski definition) is 0. The third kappa shape index (κ3) is 5.17. The van der Waals surface area contributed by atoms with Gasteiger partial charge in [0, 0.05) is 22.2 Å². The van der Waals surface area contributed by atoms with Crippen LogP contribution in [-0.2, 0) is 22.7 Å². The van der Waals surface area contributed by atoms with Crippen LogP contribution in [0.15, 0.2) is 103 Å². The Labute approximate surface area is 225 Å². The van der Waals surface area contributed by atoms with E-state index in [4.69, 9.17) is 16.3 Å². The average molecular weight is 525 g/mol. The number of ketones is 1. The highest BCUT2D eigenvalue weighted by Crippen LogP contribution is 2.40. The molecule has 1 atom stereocenters. The quantitative estimate of drug-likeness (QED) is 0.203. The van der Waals surface area contributed by atoms with Crippen LogP contribution < -0.4 is 14.8 Å². The van der Waals surface area contributed by atoms with Crippen molar-refractivity contribution in [3.63, 3.8) is 0 Å². The van der Waals surface area contributed by atoms with Crippen LogP contribution in [-0.4, -0.2) is 16.6 Å². The number of carbonyl (C=O) groups excluding carboxylic acids is 2. The van der Waals surface area contributed by atoms with Gasteiger partial charge in [0.2, 0.25) is 5.78 Å². The highest BCUT2D eigenvalue weighted by Gasteiger charge is 2.44. The lowest BCUT2D eigenvalue weighted by molar-refractivity contribution is -0.378. The minimum atomic E-state index is -0.839. The molecule has 1 N–H and O–H groups in total. The van der Waals surface area contributed by atoms with Gasteiger partial charge in [-0.05, 0) is 59.5 Å². The summed E-state index contributed by atoms with van der Waals surface area (Å²) in [5.41, 5.74) is 3.46. The molecule has 1 fully saturated rings. The number of benzene rings is 3. The Bertz CT molecular complexity index is 1500. The Hall–Kier alpha value is -4.42. The zero-order valence-electron chi connectivity index (χ0n) is 20.7. The van der Waals surface area contributed by atoms with E-state index in [1.165, 1.54) is 4.90 Å². The van der Waals surface area contributed by atoms with Crippen LogP contribution in [0.1, 0.15) is 33.9 Å². The third-order valence-corrected chi connectivity index (χ3v) is 6.77. The maximum atomic E-state index is 13.8. The lowest BCUT2D eigenvalue weighted by atomic mass is 9.94. The van der Waals surface area contributed by atoms with Crippen LogP contribution in [0.2, 0.25) is 5.02 Å². The number of rotatable bonds is 7. The molecule has 38 heavy (non-hydrogen) atoms. The highest BCUT2D eigenvalue weighted by molar-refractivity contribution is 6.46. The lowest BCUT2D eigenvalue weighted by Crippen LogP contribution is -2.29. The molecule has 1 unspecified atom stereocenters. The summed E-state index contributed by atoms with van der Waals surface area (Å²) in [5, 5.41) is 14.3. The summed E-state index contributed by atoms with van der Waals surface area (Å²) in [6.07, 6.45) is 3.52. The molecule has 0 radical (unpaired) electrons. The second kappa shape index (κ2) is 10.9. The van der Waals surface area contributed by atoms with E-state index < -0.39 is 23.5 Å². The normalized spacial score (nSPS) is 16.6. The molecule has 6 nitrogen and oxygen atoms in total. The van der Waals surface area contributed by atoms with Gasteiger partial charge in [-0.1, -0.05) is 65.9 Å². The third-order valence-electron chi connectivity index (χ3n) is 6.51. The first-order valence-electron chi connectivity index (χ1n) is 12.2. The van der Waals surface area contributed by atoms with Gasteiger partial charge in [0.1, 0.15) is 12.4 Å². The number of hydrogen-bond acceptors (Lipinski definition) is 4. The minimum Gasteiger partial charge on any atom is -0.872 e. The fraction of sp³-hybridized carbons (Fsp3) is 0.129. The summed E-state index contributed by atoms with van der Waals surface area (Å²) in [6, 6.07) is 24.5. The van der Waals surface area contributed by atoms with Gasteiger partial charge >= 0.3 is 0 Å². The second-order valence-corrected chi connectivity index (χ2v) is 9.56. The highest BCUT2D eigenvalue weighted by atomic mass is 35.5. The molecule has 0 spiro atoms. The van der Waals surface area contributed by atoms with Crippen molar-refractivity contribution < 1.29 is 24.4 Å². The molecule has 7 heteroatoms. The summed E-state index contributed by atoms with van der Waals surface area (Å²) < 4.78 is 5.94. The summed E-state index contributed by atoms with van der Waals surface area (Å²) in [7, 11) is 0. The molecule has 3 aromatic carbocycles. The van der Waals surface area contributed by atoms with Crippen molar-refractivity contribution in [2.75, 3.05) is 0 Å². The number of likely N-dealkylation sites (tertiary alicyclic amines) is 1. The monoisotopic (exact) mass is 524 g/mol. The van der Waals surface area contributed by atoms with Gasteiger partial charge in [-0.15, -0.1) is 0 Å². The lowest BCUT2D eigenvalue weighted by Gasteiger charge is -2.27. The maximum absolute atomic E-state index is 13.8. The number of halogens is 1. The zero-order valence-corrected chi connectivity index (χ0v) is 21.4. The summed E-state index contributed by atoms with van der Waals surface area (Å²) in [5.74, 6) is -1.35. The van der Waals surface area contributed by atoms with E-state index >= 15 is 0 Å². The number of nitrogens with one attached hydrogen (secondary N) is 1. The number of aromatic nitrogens is 1. The van der Waals surface area contributed by atoms with E-state index in [0.717, 1.165) is 16.7 Å². The SMILES string of the molecule is Cc1cc(C([O-])=C2C(=O)C(=O)N(Cc3ccc[nH+]c3)C2c2ccc(Cl)cc2)ccc1OCc1ccccc1. The van der Waals surface area contributed by atoms with Gasteiger partial charge < -0.3 is 14.7 Å².